The number of hydrogen-bond acceptors (Lipinski definition) is 1. The van der Waals surface area contributed by atoms with Gasteiger partial charge in [-0.25, -0.2) is 4.39 Å². The van der Waals surface area contributed by atoms with E-state index in [2.05, 4.69) is 28.2 Å². The van der Waals surface area contributed by atoms with E-state index in [9.17, 15) is 4.39 Å². The largest absolute Gasteiger partial charge is 0.319 e. The van der Waals surface area contributed by atoms with Gasteiger partial charge in [0.1, 0.15) is 5.82 Å². The molecular weight excluding hydrogens is 317 g/mol. The molecule has 0 bridgehead atoms. The van der Waals surface area contributed by atoms with Crippen LogP contribution in [-0.4, -0.2) is 13.6 Å². The molecule has 0 saturated heterocycles. The summed E-state index contributed by atoms with van der Waals surface area (Å²) < 4.78 is 15.0. The quantitative estimate of drug-likeness (QED) is 0.784. The van der Waals surface area contributed by atoms with E-state index in [0.29, 0.717) is 16.3 Å². The summed E-state index contributed by atoms with van der Waals surface area (Å²) in [5.41, 5.74) is 0.903. The van der Waals surface area contributed by atoms with Crippen LogP contribution in [0.2, 0.25) is 0 Å². The Balaban J connectivity index is 2.24. The molecule has 1 aliphatic carbocycles. The topological polar surface area (TPSA) is 12.0 Å². The number of halogens is 2. The highest BCUT2D eigenvalue weighted by atomic mass is 79.9. The van der Waals surface area contributed by atoms with Gasteiger partial charge in [-0.3, -0.25) is 0 Å². The van der Waals surface area contributed by atoms with Crippen LogP contribution < -0.4 is 5.32 Å². The lowest BCUT2D eigenvalue weighted by atomic mass is 9.70. The molecule has 1 aromatic carbocycles. The average molecular weight is 342 g/mol. The van der Waals surface area contributed by atoms with E-state index < -0.39 is 0 Å². The van der Waals surface area contributed by atoms with Crippen LogP contribution in [0.15, 0.2) is 22.7 Å². The molecule has 1 aliphatic rings. The SMILES string of the molecule is CCCC1CCC(CNC)C(c2cccc(Br)c2F)C1. The van der Waals surface area contributed by atoms with Crippen LogP contribution in [-0.2, 0) is 0 Å². The Kier molecular flexibility index (Phi) is 6.03. The summed E-state index contributed by atoms with van der Waals surface area (Å²) in [5.74, 6) is 1.61. The number of hydrogen-bond donors (Lipinski definition) is 1. The zero-order valence-corrected chi connectivity index (χ0v) is 14.0. The van der Waals surface area contributed by atoms with Gasteiger partial charge >= 0.3 is 0 Å². The molecule has 0 aromatic heterocycles. The van der Waals surface area contributed by atoms with Gasteiger partial charge in [0, 0.05) is 0 Å². The zero-order chi connectivity index (χ0) is 14.5. The lowest BCUT2D eigenvalue weighted by Crippen LogP contribution is -2.31. The predicted octanol–water partition coefficient (Wildman–Crippen LogP) is 5.11. The van der Waals surface area contributed by atoms with Crippen molar-refractivity contribution in [1.82, 2.24) is 5.32 Å². The standard InChI is InChI=1S/C17H25BrFN/c1-3-5-12-8-9-13(11-20-2)15(10-12)14-6-4-7-16(18)17(14)19/h4,6-7,12-13,15,20H,3,5,8-11H2,1-2H3. The summed E-state index contributed by atoms with van der Waals surface area (Å²) in [6.45, 7) is 3.23. The van der Waals surface area contributed by atoms with Gasteiger partial charge in [-0.2, -0.15) is 0 Å². The second-order valence-corrected chi connectivity index (χ2v) is 6.89. The molecule has 3 unspecified atom stereocenters. The van der Waals surface area contributed by atoms with E-state index in [0.717, 1.165) is 24.4 Å². The van der Waals surface area contributed by atoms with E-state index in [1.54, 1.807) is 6.07 Å². The van der Waals surface area contributed by atoms with Crippen molar-refractivity contribution in [2.75, 3.05) is 13.6 Å². The van der Waals surface area contributed by atoms with Gasteiger partial charge in [-0.15, -0.1) is 0 Å². The molecule has 1 N–H and O–H groups in total. The fourth-order valence-electron chi connectivity index (χ4n) is 3.69. The molecule has 3 heteroatoms. The molecule has 0 spiro atoms. The Morgan fingerprint density at radius 1 is 1.35 bits per heavy atom. The van der Waals surface area contributed by atoms with Crippen LogP contribution in [0, 0.1) is 17.7 Å². The fourth-order valence-corrected chi connectivity index (χ4v) is 4.07. The molecule has 0 heterocycles. The first kappa shape index (κ1) is 16.0. The van der Waals surface area contributed by atoms with Crippen molar-refractivity contribution < 1.29 is 4.39 Å². The maximum atomic E-state index is 14.4. The number of rotatable bonds is 5. The Hall–Kier alpha value is -0.410. The van der Waals surface area contributed by atoms with Crippen LogP contribution in [0.4, 0.5) is 4.39 Å². The first-order chi connectivity index (χ1) is 9.67. The molecule has 1 saturated carbocycles. The van der Waals surface area contributed by atoms with Crippen LogP contribution in [0.3, 0.4) is 0 Å². The van der Waals surface area contributed by atoms with Crippen molar-refractivity contribution in [3.8, 4) is 0 Å². The van der Waals surface area contributed by atoms with Crippen LogP contribution in [0.1, 0.15) is 50.5 Å². The summed E-state index contributed by atoms with van der Waals surface area (Å²) in [4.78, 5) is 0. The van der Waals surface area contributed by atoms with E-state index in [1.807, 2.05) is 19.2 Å². The fraction of sp³-hybridized carbons (Fsp3) is 0.647. The zero-order valence-electron chi connectivity index (χ0n) is 12.5. The van der Waals surface area contributed by atoms with Crippen molar-refractivity contribution in [3.63, 3.8) is 0 Å². The minimum absolute atomic E-state index is 0.0595. The highest BCUT2D eigenvalue weighted by molar-refractivity contribution is 9.10. The van der Waals surface area contributed by atoms with Gasteiger partial charge < -0.3 is 5.32 Å². The second-order valence-electron chi connectivity index (χ2n) is 6.04. The van der Waals surface area contributed by atoms with Crippen molar-refractivity contribution in [2.45, 2.75) is 44.9 Å². The van der Waals surface area contributed by atoms with Crippen LogP contribution in [0.25, 0.3) is 0 Å². The highest BCUT2D eigenvalue weighted by Gasteiger charge is 2.32. The third-order valence-electron chi connectivity index (χ3n) is 4.65. The average Bonchev–Trinajstić information content (AvgIpc) is 2.44. The first-order valence-electron chi connectivity index (χ1n) is 7.75. The summed E-state index contributed by atoms with van der Waals surface area (Å²) >= 11 is 3.33. The summed E-state index contributed by atoms with van der Waals surface area (Å²) in [7, 11) is 1.99. The first-order valence-corrected chi connectivity index (χ1v) is 8.55. The molecule has 1 aromatic rings. The van der Waals surface area contributed by atoms with Gasteiger partial charge in [0.05, 0.1) is 4.47 Å². The van der Waals surface area contributed by atoms with Gasteiger partial charge in [0.15, 0.2) is 0 Å². The third kappa shape index (κ3) is 3.62. The van der Waals surface area contributed by atoms with Gasteiger partial charge in [0.25, 0.3) is 0 Å². The van der Waals surface area contributed by atoms with Gasteiger partial charge in [0.2, 0.25) is 0 Å². The van der Waals surface area contributed by atoms with Crippen LogP contribution >= 0.6 is 15.9 Å². The van der Waals surface area contributed by atoms with Gasteiger partial charge in [-0.05, 0) is 71.7 Å². The number of benzene rings is 1. The monoisotopic (exact) mass is 341 g/mol. The maximum absolute atomic E-state index is 14.4. The Morgan fingerprint density at radius 3 is 2.85 bits per heavy atom. The van der Waals surface area contributed by atoms with E-state index in [-0.39, 0.29) is 5.82 Å². The van der Waals surface area contributed by atoms with E-state index in [1.165, 1.54) is 25.7 Å². The highest BCUT2D eigenvalue weighted by Crippen LogP contribution is 2.43. The Bertz CT molecular complexity index is 435. The lowest BCUT2D eigenvalue weighted by molar-refractivity contribution is 0.219. The summed E-state index contributed by atoms with van der Waals surface area (Å²) in [6.07, 6.45) is 6.15. The van der Waals surface area contributed by atoms with Crippen molar-refractivity contribution in [1.29, 1.82) is 0 Å². The normalized spacial score (nSPS) is 26.7. The van der Waals surface area contributed by atoms with Gasteiger partial charge in [-0.1, -0.05) is 38.3 Å². The van der Waals surface area contributed by atoms with Crippen LogP contribution in [0.5, 0.6) is 0 Å². The molecule has 1 nitrogen and oxygen atoms in total. The summed E-state index contributed by atoms with van der Waals surface area (Å²) in [5, 5.41) is 3.28. The van der Waals surface area contributed by atoms with Crippen molar-refractivity contribution in [3.05, 3.63) is 34.1 Å². The van der Waals surface area contributed by atoms with Crippen molar-refractivity contribution in [2.24, 2.45) is 11.8 Å². The molecular formula is C17H25BrFN. The van der Waals surface area contributed by atoms with Crippen molar-refractivity contribution >= 4 is 15.9 Å². The van der Waals surface area contributed by atoms with E-state index >= 15 is 0 Å². The lowest BCUT2D eigenvalue weighted by Gasteiger charge is -2.37. The summed E-state index contributed by atoms with van der Waals surface area (Å²) in [6, 6.07) is 5.72. The molecule has 0 radical (unpaired) electrons. The number of nitrogens with one attached hydrogen (secondary N) is 1. The molecule has 112 valence electrons. The Labute approximate surface area is 130 Å². The molecule has 0 aliphatic heterocycles. The third-order valence-corrected chi connectivity index (χ3v) is 5.26. The maximum Gasteiger partial charge on any atom is 0.140 e. The predicted molar refractivity (Wildman–Crippen MR) is 86.5 cm³/mol. The smallest absolute Gasteiger partial charge is 0.140 e. The molecule has 2 rings (SSSR count). The Morgan fingerprint density at radius 2 is 2.15 bits per heavy atom. The minimum Gasteiger partial charge on any atom is -0.319 e. The molecule has 20 heavy (non-hydrogen) atoms. The molecule has 1 fully saturated rings. The van der Waals surface area contributed by atoms with E-state index in [4.69, 9.17) is 0 Å². The second kappa shape index (κ2) is 7.56. The minimum atomic E-state index is -0.0595. The molecule has 3 atom stereocenters. The molecule has 0 amide bonds.